The lowest BCUT2D eigenvalue weighted by atomic mass is 9.92. The van der Waals surface area contributed by atoms with Crippen LogP contribution >= 0.6 is 15.9 Å². The van der Waals surface area contributed by atoms with Crippen LogP contribution in [0.25, 0.3) is 17.0 Å². The lowest BCUT2D eigenvalue weighted by molar-refractivity contribution is -0.128. The summed E-state index contributed by atoms with van der Waals surface area (Å²) in [6.07, 6.45) is 4.33. The Balaban J connectivity index is 1.42. The fourth-order valence-corrected chi connectivity index (χ4v) is 5.01. The van der Waals surface area contributed by atoms with Crippen LogP contribution in [0.5, 0.6) is 11.5 Å². The predicted molar refractivity (Wildman–Crippen MR) is 131 cm³/mol. The molecule has 2 aliphatic heterocycles. The summed E-state index contributed by atoms with van der Waals surface area (Å²) >= 11 is 3.45. The number of ether oxygens (including phenoxy) is 2. The molecule has 5 nitrogen and oxygen atoms in total. The van der Waals surface area contributed by atoms with Gasteiger partial charge in [0.05, 0.1) is 6.04 Å². The maximum Gasteiger partial charge on any atom is 0.247 e. The third-order valence-electron chi connectivity index (χ3n) is 6.32. The quantitative estimate of drug-likeness (QED) is 0.359. The number of hydrogen-bond donors (Lipinski definition) is 1. The number of nitrogens with zero attached hydrogens (tertiary/aromatic N) is 1. The first-order valence-electron chi connectivity index (χ1n) is 10.9. The van der Waals surface area contributed by atoms with Crippen molar-refractivity contribution < 1.29 is 14.3 Å². The fraction of sp³-hybridized carbons (Fsp3) is 0.148. The molecule has 3 aromatic carbocycles. The Hall–Kier alpha value is -3.51. The number of benzene rings is 3. The molecule has 1 N–H and O–H groups in total. The summed E-state index contributed by atoms with van der Waals surface area (Å²) in [4.78, 5) is 19.0. The minimum absolute atomic E-state index is 0.0232. The molecule has 1 amide bonds. The number of hydrogen-bond acceptors (Lipinski definition) is 3. The van der Waals surface area contributed by atoms with Crippen molar-refractivity contribution in [3.63, 3.8) is 0 Å². The number of rotatable bonds is 3. The number of nitrogens with one attached hydrogen (secondary N) is 1. The second kappa shape index (κ2) is 8.12. The van der Waals surface area contributed by atoms with E-state index < -0.39 is 0 Å². The average molecular weight is 501 g/mol. The zero-order valence-electron chi connectivity index (χ0n) is 17.8. The highest BCUT2D eigenvalue weighted by molar-refractivity contribution is 9.10. The number of aromatic amines is 1. The molecular weight excluding hydrogens is 480 g/mol. The van der Waals surface area contributed by atoms with E-state index in [1.165, 1.54) is 10.9 Å². The van der Waals surface area contributed by atoms with E-state index in [1.54, 1.807) is 6.08 Å². The molecule has 3 heterocycles. The van der Waals surface area contributed by atoms with Crippen molar-refractivity contribution in [1.82, 2.24) is 9.88 Å². The van der Waals surface area contributed by atoms with Crippen LogP contribution in [0, 0.1) is 0 Å². The number of fused-ring (bicyclic) bond motifs is 4. The number of halogens is 1. The van der Waals surface area contributed by atoms with Crippen molar-refractivity contribution in [2.24, 2.45) is 0 Å². The van der Waals surface area contributed by atoms with Gasteiger partial charge in [0.15, 0.2) is 11.5 Å². The van der Waals surface area contributed by atoms with Crippen LogP contribution < -0.4 is 9.47 Å². The number of aromatic nitrogens is 1. The molecule has 1 atom stereocenters. The van der Waals surface area contributed by atoms with E-state index in [-0.39, 0.29) is 18.7 Å². The molecule has 0 saturated carbocycles. The van der Waals surface area contributed by atoms with Crippen molar-refractivity contribution in [2.75, 3.05) is 13.3 Å². The van der Waals surface area contributed by atoms with Crippen molar-refractivity contribution >= 4 is 38.8 Å². The van der Waals surface area contributed by atoms with Crippen LogP contribution in [0.15, 0.2) is 77.3 Å². The first kappa shape index (κ1) is 20.1. The van der Waals surface area contributed by atoms with Crippen LogP contribution in [-0.4, -0.2) is 29.1 Å². The monoisotopic (exact) mass is 500 g/mol. The third-order valence-corrected chi connectivity index (χ3v) is 6.85. The lowest BCUT2D eigenvalue weighted by Gasteiger charge is -2.35. The Bertz CT molecular complexity index is 1390. The summed E-state index contributed by atoms with van der Waals surface area (Å²) in [5, 5.41) is 1.22. The molecule has 1 aromatic heterocycles. The first-order chi connectivity index (χ1) is 16.2. The van der Waals surface area contributed by atoms with Gasteiger partial charge in [-0.2, -0.15) is 0 Å². The highest BCUT2D eigenvalue weighted by atomic mass is 79.9. The van der Waals surface area contributed by atoms with E-state index in [4.69, 9.17) is 9.47 Å². The van der Waals surface area contributed by atoms with Gasteiger partial charge >= 0.3 is 0 Å². The molecule has 0 fully saturated rings. The van der Waals surface area contributed by atoms with Crippen LogP contribution in [0.4, 0.5) is 0 Å². The number of amides is 1. The number of para-hydroxylation sites is 1. The molecule has 33 heavy (non-hydrogen) atoms. The summed E-state index contributed by atoms with van der Waals surface area (Å²) in [6, 6.07) is 21.9. The molecule has 0 spiro atoms. The van der Waals surface area contributed by atoms with Gasteiger partial charge in [0.2, 0.25) is 12.7 Å². The van der Waals surface area contributed by atoms with Crippen LogP contribution in [0.3, 0.4) is 0 Å². The highest BCUT2D eigenvalue weighted by Crippen LogP contribution is 2.42. The van der Waals surface area contributed by atoms with E-state index in [1.807, 2.05) is 59.5 Å². The molecule has 0 radical (unpaired) electrons. The second-order valence-electron chi connectivity index (χ2n) is 8.24. The van der Waals surface area contributed by atoms with Gasteiger partial charge in [0.25, 0.3) is 0 Å². The van der Waals surface area contributed by atoms with Crippen molar-refractivity contribution in [2.45, 2.75) is 12.5 Å². The van der Waals surface area contributed by atoms with Gasteiger partial charge in [-0.15, -0.1) is 0 Å². The van der Waals surface area contributed by atoms with Crippen molar-refractivity contribution in [3.8, 4) is 11.5 Å². The molecular formula is C27H21BrN2O3. The van der Waals surface area contributed by atoms with Gasteiger partial charge in [-0.1, -0.05) is 52.3 Å². The second-order valence-corrected chi connectivity index (χ2v) is 9.16. The predicted octanol–water partition coefficient (Wildman–Crippen LogP) is 5.85. The van der Waals surface area contributed by atoms with E-state index in [0.717, 1.165) is 39.0 Å². The van der Waals surface area contributed by atoms with Crippen LogP contribution in [-0.2, 0) is 11.2 Å². The summed E-state index contributed by atoms with van der Waals surface area (Å²) in [7, 11) is 0. The minimum atomic E-state index is -0.238. The SMILES string of the molecule is O=C(C=Cc1ccc(Br)cc1)N1CCc2c([nH]c3ccccc23)C1c1ccc2c(c1)OCO2. The molecule has 164 valence electrons. The summed E-state index contributed by atoms with van der Waals surface area (Å²) in [5.41, 5.74) is 5.40. The molecule has 0 aliphatic carbocycles. The Labute approximate surface area is 199 Å². The van der Waals surface area contributed by atoms with Gasteiger partial charge in [-0.25, -0.2) is 0 Å². The maximum absolute atomic E-state index is 13.4. The molecule has 4 aromatic rings. The zero-order chi connectivity index (χ0) is 22.4. The topological polar surface area (TPSA) is 54.6 Å². The van der Waals surface area contributed by atoms with E-state index in [2.05, 4.69) is 39.1 Å². The van der Waals surface area contributed by atoms with E-state index >= 15 is 0 Å². The highest BCUT2D eigenvalue weighted by Gasteiger charge is 2.34. The Morgan fingerprint density at radius 3 is 2.73 bits per heavy atom. The maximum atomic E-state index is 13.4. The van der Waals surface area contributed by atoms with E-state index in [9.17, 15) is 4.79 Å². The van der Waals surface area contributed by atoms with Gasteiger partial charge in [0.1, 0.15) is 0 Å². The fourth-order valence-electron chi connectivity index (χ4n) is 4.75. The Kier molecular flexibility index (Phi) is 4.95. The molecule has 1 unspecified atom stereocenters. The smallest absolute Gasteiger partial charge is 0.247 e. The van der Waals surface area contributed by atoms with E-state index in [0.29, 0.717) is 12.3 Å². The lowest BCUT2D eigenvalue weighted by Crippen LogP contribution is -2.39. The molecule has 6 heteroatoms. The van der Waals surface area contributed by atoms with Gasteiger partial charge < -0.3 is 19.4 Å². The first-order valence-corrected chi connectivity index (χ1v) is 11.7. The van der Waals surface area contributed by atoms with Gasteiger partial charge in [-0.05, 0) is 59.5 Å². The molecule has 6 rings (SSSR count). The largest absolute Gasteiger partial charge is 0.454 e. The average Bonchev–Trinajstić information content (AvgIpc) is 3.46. The molecule has 0 bridgehead atoms. The molecule has 2 aliphatic rings. The zero-order valence-corrected chi connectivity index (χ0v) is 19.3. The van der Waals surface area contributed by atoms with Crippen LogP contribution in [0.1, 0.15) is 28.4 Å². The third kappa shape index (κ3) is 3.60. The number of H-pyrrole nitrogens is 1. The number of carbonyl (C=O) groups excluding carboxylic acids is 1. The van der Waals surface area contributed by atoms with Crippen LogP contribution in [0.2, 0.25) is 0 Å². The standard InChI is InChI=1S/C27H21BrN2O3/c28-19-9-5-17(6-10-19)7-12-25(31)30-14-13-21-20-3-1-2-4-22(20)29-26(21)27(30)18-8-11-23-24(15-18)33-16-32-23/h1-12,15,27,29H,13-14,16H2. The Morgan fingerprint density at radius 2 is 1.85 bits per heavy atom. The van der Waals surface area contributed by atoms with Crippen molar-refractivity contribution in [1.29, 1.82) is 0 Å². The van der Waals surface area contributed by atoms with Gasteiger partial charge in [0, 0.05) is 33.7 Å². The summed E-state index contributed by atoms with van der Waals surface area (Å²) in [6.45, 7) is 0.858. The normalized spacial score (nSPS) is 17.0. The number of carbonyl (C=O) groups is 1. The molecule has 0 saturated heterocycles. The summed E-state index contributed by atoms with van der Waals surface area (Å²) < 4.78 is 12.1. The van der Waals surface area contributed by atoms with Gasteiger partial charge in [-0.3, -0.25) is 4.79 Å². The Morgan fingerprint density at radius 1 is 1.03 bits per heavy atom. The minimum Gasteiger partial charge on any atom is -0.454 e. The van der Waals surface area contributed by atoms with Crippen molar-refractivity contribution in [3.05, 3.63) is 99.7 Å². The summed E-state index contributed by atoms with van der Waals surface area (Å²) in [5.74, 6) is 1.43.